The van der Waals surface area contributed by atoms with Crippen LogP contribution in [0.15, 0.2) is 18.2 Å². The first kappa shape index (κ1) is 10.7. The Morgan fingerprint density at radius 2 is 1.93 bits per heavy atom. The average Bonchev–Trinajstić information content (AvgIpc) is 2.01. The van der Waals surface area contributed by atoms with Gasteiger partial charge < -0.3 is 9.47 Å². The summed E-state index contributed by atoms with van der Waals surface area (Å²) in [6.45, 7) is 3.51. The van der Waals surface area contributed by atoms with Gasteiger partial charge in [-0.25, -0.2) is 0 Å². The number of hydrogen-bond acceptors (Lipinski definition) is 2. The molecule has 14 heavy (non-hydrogen) atoms. The van der Waals surface area contributed by atoms with Gasteiger partial charge in [0.2, 0.25) is 0 Å². The van der Waals surface area contributed by atoms with Crippen molar-refractivity contribution in [1.82, 2.24) is 0 Å². The van der Waals surface area contributed by atoms with E-state index >= 15 is 0 Å². The van der Waals surface area contributed by atoms with Crippen LogP contribution < -0.4 is 9.47 Å². The van der Waals surface area contributed by atoms with Gasteiger partial charge in [-0.05, 0) is 30.7 Å². The van der Waals surface area contributed by atoms with E-state index in [0.717, 1.165) is 6.07 Å². The molecule has 77 valence electrons. The summed E-state index contributed by atoms with van der Waals surface area (Å²) in [6, 6.07) is 3.69. The van der Waals surface area contributed by atoms with Gasteiger partial charge in [0.1, 0.15) is 11.5 Å². The fourth-order valence-electron chi connectivity index (χ4n) is 0.952. The molecule has 0 fully saturated rings. The van der Waals surface area contributed by atoms with Crippen LogP contribution in [0.4, 0.5) is 13.2 Å². The third-order valence-corrected chi connectivity index (χ3v) is 1.49. The van der Waals surface area contributed by atoms with Crippen molar-refractivity contribution in [3.05, 3.63) is 30.7 Å². The fourth-order valence-corrected chi connectivity index (χ4v) is 0.952. The Morgan fingerprint density at radius 3 is 2.36 bits per heavy atom. The van der Waals surface area contributed by atoms with Crippen LogP contribution in [0.5, 0.6) is 11.5 Å². The lowest BCUT2D eigenvalue weighted by Crippen LogP contribution is -2.17. The van der Waals surface area contributed by atoms with Gasteiger partial charge in [0, 0.05) is 0 Å². The van der Waals surface area contributed by atoms with Crippen molar-refractivity contribution in [2.24, 2.45) is 0 Å². The Balaban J connectivity index is 2.87. The number of hydrogen-bond donors (Lipinski definition) is 0. The van der Waals surface area contributed by atoms with E-state index in [9.17, 15) is 13.2 Å². The van der Waals surface area contributed by atoms with Crippen LogP contribution in [0.25, 0.3) is 0 Å². The van der Waals surface area contributed by atoms with Crippen molar-refractivity contribution in [2.45, 2.75) is 6.36 Å². The Hall–Kier alpha value is -1.39. The maximum absolute atomic E-state index is 11.8. The second-order valence-electron chi connectivity index (χ2n) is 2.52. The molecule has 2 nitrogen and oxygen atoms in total. The maximum atomic E-state index is 11.8. The van der Waals surface area contributed by atoms with E-state index in [0.29, 0.717) is 11.3 Å². The predicted octanol–water partition coefficient (Wildman–Crippen LogP) is 2.78. The quantitative estimate of drug-likeness (QED) is 0.739. The minimum atomic E-state index is -4.68. The van der Waals surface area contributed by atoms with Gasteiger partial charge >= 0.3 is 6.36 Å². The van der Waals surface area contributed by atoms with Gasteiger partial charge in [0.05, 0.1) is 7.11 Å². The van der Waals surface area contributed by atoms with Gasteiger partial charge in [-0.3, -0.25) is 0 Å². The van der Waals surface area contributed by atoms with Gasteiger partial charge in [0.15, 0.2) is 0 Å². The molecule has 0 atom stereocenters. The molecule has 0 aliphatic carbocycles. The lowest BCUT2D eigenvalue weighted by Gasteiger charge is -2.10. The Bertz CT molecular complexity index is 320. The van der Waals surface area contributed by atoms with E-state index < -0.39 is 6.36 Å². The smallest absolute Gasteiger partial charge is 0.496 e. The number of ether oxygens (including phenoxy) is 2. The lowest BCUT2D eigenvalue weighted by molar-refractivity contribution is -0.274. The second kappa shape index (κ2) is 3.77. The molecule has 0 aliphatic heterocycles. The molecule has 1 radical (unpaired) electrons. The first-order chi connectivity index (χ1) is 6.42. The highest BCUT2D eigenvalue weighted by atomic mass is 19.4. The standard InChI is InChI=1S/C9H8F3O2/c1-6-5-7(14-9(10,11)12)3-4-8(6)13-2/h3-5H,1H2,2H3. The van der Waals surface area contributed by atoms with Gasteiger partial charge in [-0.1, -0.05) is 0 Å². The summed E-state index contributed by atoms with van der Waals surface area (Å²) in [5.41, 5.74) is 0.342. The molecular formula is C9H8F3O2. The van der Waals surface area contributed by atoms with Crippen molar-refractivity contribution in [3.8, 4) is 11.5 Å². The van der Waals surface area contributed by atoms with Crippen molar-refractivity contribution in [3.63, 3.8) is 0 Å². The Labute approximate surface area is 79.2 Å². The van der Waals surface area contributed by atoms with Gasteiger partial charge in [-0.15, -0.1) is 13.2 Å². The zero-order valence-electron chi connectivity index (χ0n) is 7.39. The number of halogens is 3. The SMILES string of the molecule is [CH2]c1cc(OC(F)(F)F)ccc1OC. The summed E-state index contributed by atoms with van der Waals surface area (Å²) in [5.74, 6) is 0.114. The van der Waals surface area contributed by atoms with Crippen molar-refractivity contribution < 1.29 is 22.6 Å². The predicted molar refractivity (Wildman–Crippen MR) is 44.1 cm³/mol. The average molecular weight is 205 g/mol. The minimum Gasteiger partial charge on any atom is -0.496 e. The zero-order valence-corrected chi connectivity index (χ0v) is 7.39. The van der Waals surface area contributed by atoms with Crippen LogP contribution in [0.1, 0.15) is 5.56 Å². The fraction of sp³-hybridized carbons (Fsp3) is 0.222. The van der Waals surface area contributed by atoms with Crippen LogP contribution >= 0.6 is 0 Å². The monoisotopic (exact) mass is 205 g/mol. The third kappa shape index (κ3) is 2.83. The van der Waals surface area contributed by atoms with Crippen molar-refractivity contribution >= 4 is 0 Å². The molecule has 0 unspecified atom stereocenters. The van der Waals surface area contributed by atoms with E-state index in [1.54, 1.807) is 0 Å². The first-order valence-corrected chi connectivity index (χ1v) is 3.68. The van der Waals surface area contributed by atoms with E-state index in [-0.39, 0.29) is 5.75 Å². The molecule has 1 aromatic carbocycles. The number of benzene rings is 1. The molecule has 5 heteroatoms. The molecule has 0 amide bonds. The highest BCUT2D eigenvalue weighted by Crippen LogP contribution is 2.27. The molecule has 0 bridgehead atoms. The number of alkyl halides is 3. The molecule has 1 aromatic rings. The molecule has 1 rings (SSSR count). The van der Waals surface area contributed by atoms with E-state index in [1.807, 2.05) is 0 Å². The lowest BCUT2D eigenvalue weighted by atomic mass is 10.2. The third-order valence-electron chi connectivity index (χ3n) is 1.49. The van der Waals surface area contributed by atoms with Crippen LogP contribution in [0.3, 0.4) is 0 Å². The molecule has 0 saturated heterocycles. The Morgan fingerprint density at radius 1 is 1.29 bits per heavy atom. The van der Waals surface area contributed by atoms with Crippen LogP contribution in [0.2, 0.25) is 0 Å². The summed E-state index contributed by atoms with van der Waals surface area (Å²) in [7, 11) is 1.41. The molecule has 0 spiro atoms. The molecule has 0 saturated carbocycles. The normalized spacial score (nSPS) is 11.2. The summed E-state index contributed by atoms with van der Waals surface area (Å²) >= 11 is 0. The largest absolute Gasteiger partial charge is 0.573 e. The van der Waals surface area contributed by atoms with Gasteiger partial charge in [0.25, 0.3) is 0 Å². The molecule has 0 N–H and O–H groups in total. The minimum absolute atomic E-state index is 0.302. The van der Waals surface area contributed by atoms with Crippen molar-refractivity contribution in [2.75, 3.05) is 7.11 Å². The molecular weight excluding hydrogens is 197 g/mol. The molecule has 0 aromatic heterocycles. The highest BCUT2D eigenvalue weighted by Gasteiger charge is 2.31. The highest BCUT2D eigenvalue weighted by molar-refractivity contribution is 5.41. The van der Waals surface area contributed by atoms with E-state index in [1.165, 1.54) is 19.2 Å². The molecule has 0 heterocycles. The van der Waals surface area contributed by atoms with Crippen LogP contribution in [0, 0.1) is 6.92 Å². The van der Waals surface area contributed by atoms with Gasteiger partial charge in [-0.2, -0.15) is 0 Å². The van der Waals surface area contributed by atoms with E-state index in [4.69, 9.17) is 4.74 Å². The van der Waals surface area contributed by atoms with Crippen LogP contribution in [-0.4, -0.2) is 13.5 Å². The maximum Gasteiger partial charge on any atom is 0.573 e. The topological polar surface area (TPSA) is 18.5 Å². The number of methoxy groups -OCH3 is 1. The zero-order chi connectivity index (χ0) is 10.8. The number of rotatable bonds is 2. The summed E-state index contributed by atoms with van der Waals surface area (Å²) in [6.07, 6.45) is -4.68. The summed E-state index contributed by atoms with van der Waals surface area (Å²) in [5, 5.41) is 0. The van der Waals surface area contributed by atoms with Crippen molar-refractivity contribution in [1.29, 1.82) is 0 Å². The Kier molecular flexibility index (Phi) is 2.88. The second-order valence-corrected chi connectivity index (χ2v) is 2.52. The summed E-state index contributed by atoms with van der Waals surface area (Å²) < 4.78 is 43.9. The van der Waals surface area contributed by atoms with E-state index in [2.05, 4.69) is 11.7 Å². The summed E-state index contributed by atoms with van der Waals surface area (Å²) in [4.78, 5) is 0. The molecule has 0 aliphatic rings. The first-order valence-electron chi connectivity index (χ1n) is 3.68. The van der Waals surface area contributed by atoms with Crippen LogP contribution in [-0.2, 0) is 0 Å².